The molecule has 9 heteroatoms. The Labute approximate surface area is 151 Å². The average Bonchev–Trinajstić information content (AvgIpc) is 2.84. The second kappa shape index (κ2) is 7.63. The Morgan fingerprint density at radius 3 is 2.50 bits per heavy atom. The van der Waals surface area contributed by atoms with E-state index in [4.69, 9.17) is 9.56 Å². The van der Waals surface area contributed by atoms with Crippen molar-refractivity contribution in [2.24, 2.45) is 5.14 Å². The summed E-state index contributed by atoms with van der Waals surface area (Å²) in [7, 11) is -3.90. The van der Waals surface area contributed by atoms with Crippen LogP contribution < -0.4 is 16.2 Å². The van der Waals surface area contributed by atoms with Crippen molar-refractivity contribution in [1.82, 2.24) is 9.88 Å². The summed E-state index contributed by atoms with van der Waals surface area (Å²) in [5.74, 6) is -0.963. The van der Waals surface area contributed by atoms with E-state index in [1.165, 1.54) is 42.0 Å². The van der Waals surface area contributed by atoms with Crippen LogP contribution >= 0.6 is 0 Å². The van der Waals surface area contributed by atoms with Crippen molar-refractivity contribution < 1.29 is 17.6 Å². The summed E-state index contributed by atoms with van der Waals surface area (Å²) in [6, 6.07) is 4.03. The third-order valence-electron chi connectivity index (χ3n) is 4.74. The minimum absolute atomic E-state index is 0.0836. The molecule has 3 rings (SSSR count). The number of fused-ring (bicyclic) bond motifs is 1. The largest absolute Gasteiger partial charge is 0.420 e. The summed E-state index contributed by atoms with van der Waals surface area (Å²) in [6.45, 7) is -0.170. The molecule has 1 fully saturated rings. The molecule has 1 aromatic carbocycles. The maximum absolute atomic E-state index is 12.4. The molecule has 0 saturated heterocycles. The van der Waals surface area contributed by atoms with Gasteiger partial charge in [-0.25, -0.2) is 18.4 Å². The number of nitrogens with one attached hydrogen (secondary N) is 1. The number of nitrogens with two attached hydrogens (primary N) is 1. The Kier molecular flexibility index (Phi) is 5.47. The lowest BCUT2D eigenvalue weighted by atomic mass is 9.97. The van der Waals surface area contributed by atoms with Crippen LogP contribution in [-0.2, 0) is 21.4 Å². The van der Waals surface area contributed by atoms with Crippen LogP contribution in [0.2, 0.25) is 0 Å². The summed E-state index contributed by atoms with van der Waals surface area (Å²) in [5, 5.41) is 8.08. The Morgan fingerprint density at radius 1 is 1.19 bits per heavy atom. The van der Waals surface area contributed by atoms with Gasteiger partial charge in [-0.2, -0.15) is 0 Å². The Morgan fingerprint density at radius 2 is 1.85 bits per heavy atom. The van der Waals surface area contributed by atoms with Gasteiger partial charge >= 0.3 is 5.76 Å². The van der Waals surface area contributed by atoms with Crippen molar-refractivity contribution in [1.29, 1.82) is 0 Å². The zero-order chi connectivity index (χ0) is 18.7. The fraction of sp³-hybridized carbons (Fsp3) is 0.529. The minimum atomic E-state index is -3.90. The molecule has 1 heterocycles. The third kappa shape index (κ3) is 4.34. The number of benzene rings is 1. The number of oxazole rings is 1. The maximum atomic E-state index is 12.4. The summed E-state index contributed by atoms with van der Waals surface area (Å²) in [5.41, 5.74) is 0.440. The van der Waals surface area contributed by atoms with Crippen LogP contribution in [0.25, 0.3) is 11.1 Å². The maximum Gasteiger partial charge on any atom is 0.420 e. The standard InChI is InChI=1S/C17H23N3O5S/c18-26(23,24)13-8-9-14-15(10-13)25-17(22)20(14)11-16(21)19-12-6-4-2-1-3-5-7-12/h8-10,12H,1-7,11H2,(H,19,21)(H2,18,23,24). The van der Waals surface area contributed by atoms with Crippen LogP contribution in [0.15, 0.2) is 32.3 Å². The van der Waals surface area contributed by atoms with E-state index in [2.05, 4.69) is 5.32 Å². The molecule has 2 aromatic rings. The quantitative estimate of drug-likeness (QED) is 0.830. The highest BCUT2D eigenvalue weighted by Crippen LogP contribution is 2.19. The highest BCUT2D eigenvalue weighted by atomic mass is 32.2. The van der Waals surface area contributed by atoms with E-state index in [1.54, 1.807) is 0 Å². The molecular weight excluding hydrogens is 358 g/mol. The molecule has 1 saturated carbocycles. The first kappa shape index (κ1) is 18.7. The molecule has 0 unspecified atom stereocenters. The molecule has 1 aliphatic carbocycles. The highest BCUT2D eigenvalue weighted by molar-refractivity contribution is 7.89. The van der Waals surface area contributed by atoms with Gasteiger partial charge in [0.05, 0.1) is 10.4 Å². The number of rotatable bonds is 4. The Bertz CT molecular complexity index is 952. The molecule has 26 heavy (non-hydrogen) atoms. The van der Waals surface area contributed by atoms with Gasteiger partial charge < -0.3 is 9.73 Å². The fourth-order valence-electron chi connectivity index (χ4n) is 3.39. The molecule has 0 aliphatic heterocycles. The van der Waals surface area contributed by atoms with Crippen molar-refractivity contribution in [2.75, 3.05) is 0 Å². The van der Waals surface area contributed by atoms with E-state index in [1.807, 2.05) is 0 Å². The minimum Gasteiger partial charge on any atom is -0.408 e. The molecule has 0 spiro atoms. The van der Waals surface area contributed by atoms with Crippen LogP contribution in [0.3, 0.4) is 0 Å². The van der Waals surface area contributed by atoms with Crippen molar-refractivity contribution in [3.05, 3.63) is 28.7 Å². The number of carbonyl (C=O) groups excluding carboxylic acids is 1. The van der Waals surface area contributed by atoms with Crippen molar-refractivity contribution >= 4 is 27.0 Å². The molecule has 1 aliphatic rings. The van der Waals surface area contributed by atoms with Gasteiger partial charge in [0.25, 0.3) is 0 Å². The summed E-state index contributed by atoms with van der Waals surface area (Å²) >= 11 is 0. The van der Waals surface area contributed by atoms with Crippen molar-refractivity contribution in [2.45, 2.75) is 62.4 Å². The van der Waals surface area contributed by atoms with E-state index in [9.17, 15) is 18.0 Å². The second-order valence-electron chi connectivity index (χ2n) is 6.74. The lowest BCUT2D eigenvalue weighted by Crippen LogP contribution is -2.38. The first-order valence-electron chi connectivity index (χ1n) is 8.80. The molecule has 0 bridgehead atoms. The molecule has 0 radical (unpaired) electrons. The first-order valence-corrected chi connectivity index (χ1v) is 10.3. The number of hydrogen-bond acceptors (Lipinski definition) is 5. The van der Waals surface area contributed by atoms with Crippen LogP contribution in [0.4, 0.5) is 0 Å². The molecule has 0 atom stereocenters. The second-order valence-corrected chi connectivity index (χ2v) is 8.30. The van der Waals surface area contributed by atoms with Gasteiger partial charge in [-0.3, -0.25) is 9.36 Å². The Hall–Kier alpha value is -2.13. The van der Waals surface area contributed by atoms with Crippen LogP contribution in [0.5, 0.6) is 0 Å². The van der Waals surface area contributed by atoms with Crippen molar-refractivity contribution in [3.63, 3.8) is 0 Å². The van der Waals surface area contributed by atoms with Gasteiger partial charge in [0, 0.05) is 12.1 Å². The van der Waals surface area contributed by atoms with E-state index in [0.29, 0.717) is 5.52 Å². The third-order valence-corrected chi connectivity index (χ3v) is 5.65. The molecule has 1 aromatic heterocycles. The lowest BCUT2D eigenvalue weighted by molar-refractivity contribution is -0.122. The number of carbonyl (C=O) groups is 1. The molecular formula is C17H23N3O5S. The predicted octanol–water partition coefficient (Wildman–Crippen LogP) is 1.47. The van der Waals surface area contributed by atoms with Gasteiger partial charge in [0.15, 0.2) is 5.58 Å². The molecule has 8 nitrogen and oxygen atoms in total. The summed E-state index contributed by atoms with van der Waals surface area (Å²) < 4.78 is 29.1. The highest BCUT2D eigenvalue weighted by Gasteiger charge is 2.18. The van der Waals surface area contributed by atoms with E-state index >= 15 is 0 Å². The first-order chi connectivity index (χ1) is 12.3. The number of sulfonamides is 1. The molecule has 1 amide bonds. The summed E-state index contributed by atoms with van der Waals surface area (Å²) in [6.07, 6.45) is 7.70. The van der Waals surface area contributed by atoms with Crippen LogP contribution in [0.1, 0.15) is 44.9 Å². The van der Waals surface area contributed by atoms with Gasteiger partial charge in [0.1, 0.15) is 6.54 Å². The van der Waals surface area contributed by atoms with Gasteiger partial charge in [0.2, 0.25) is 15.9 Å². The van der Waals surface area contributed by atoms with Gasteiger partial charge in [-0.1, -0.05) is 32.1 Å². The smallest absolute Gasteiger partial charge is 0.408 e. The SMILES string of the molecule is NS(=O)(=O)c1ccc2c(c1)oc(=O)n2CC(=O)NC1CCCCCCC1. The molecule has 142 valence electrons. The fourth-order valence-corrected chi connectivity index (χ4v) is 3.92. The normalized spacial score (nSPS) is 17.0. The zero-order valence-corrected chi connectivity index (χ0v) is 15.3. The van der Waals surface area contributed by atoms with Gasteiger partial charge in [-0.15, -0.1) is 0 Å². The van der Waals surface area contributed by atoms with E-state index in [-0.39, 0.29) is 29.0 Å². The monoisotopic (exact) mass is 381 g/mol. The number of hydrogen-bond donors (Lipinski definition) is 2. The number of aromatic nitrogens is 1. The predicted molar refractivity (Wildman–Crippen MR) is 96.1 cm³/mol. The zero-order valence-electron chi connectivity index (χ0n) is 14.4. The Balaban J connectivity index is 1.76. The van der Waals surface area contributed by atoms with Crippen molar-refractivity contribution in [3.8, 4) is 0 Å². The number of amides is 1. The summed E-state index contributed by atoms with van der Waals surface area (Å²) in [4.78, 5) is 24.3. The van der Waals surface area contributed by atoms with Crippen LogP contribution in [-0.4, -0.2) is 24.9 Å². The van der Waals surface area contributed by atoms with Crippen LogP contribution in [0, 0.1) is 0 Å². The topological polar surface area (TPSA) is 124 Å². The average molecular weight is 381 g/mol. The van der Waals surface area contributed by atoms with E-state index in [0.717, 1.165) is 25.7 Å². The van der Waals surface area contributed by atoms with E-state index < -0.39 is 15.8 Å². The number of nitrogens with zero attached hydrogens (tertiary/aromatic N) is 1. The lowest BCUT2D eigenvalue weighted by Gasteiger charge is -2.21. The molecule has 3 N–H and O–H groups in total. The van der Waals surface area contributed by atoms with Gasteiger partial charge in [-0.05, 0) is 25.0 Å². The number of primary sulfonamides is 1.